The van der Waals surface area contributed by atoms with Crippen molar-refractivity contribution in [3.63, 3.8) is 0 Å². The SMILES string of the molecule is COc1cccc(N2CCN(C(=O)c3c(C)cccc3OC)CC2(C)C)c1. The summed E-state index contributed by atoms with van der Waals surface area (Å²) in [6.45, 7) is 8.35. The lowest BCUT2D eigenvalue weighted by Crippen LogP contribution is -2.60. The van der Waals surface area contributed by atoms with E-state index >= 15 is 0 Å². The average Bonchev–Trinajstić information content (AvgIpc) is 2.66. The molecule has 0 atom stereocenters. The number of carbonyl (C=O) groups is 1. The Bertz CT molecular complexity index is 832. The molecule has 0 aliphatic carbocycles. The molecule has 144 valence electrons. The van der Waals surface area contributed by atoms with Crippen LogP contribution in [-0.4, -0.2) is 50.2 Å². The van der Waals surface area contributed by atoms with Crippen molar-refractivity contribution in [3.8, 4) is 11.5 Å². The van der Waals surface area contributed by atoms with Crippen LogP contribution in [0.25, 0.3) is 0 Å². The smallest absolute Gasteiger partial charge is 0.258 e. The third-order valence-electron chi connectivity index (χ3n) is 5.22. The van der Waals surface area contributed by atoms with Crippen molar-refractivity contribution in [2.75, 3.05) is 38.8 Å². The summed E-state index contributed by atoms with van der Waals surface area (Å²) in [6, 6.07) is 13.8. The van der Waals surface area contributed by atoms with Crippen LogP contribution in [0.5, 0.6) is 11.5 Å². The molecule has 2 aromatic rings. The van der Waals surface area contributed by atoms with Gasteiger partial charge in [-0.2, -0.15) is 0 Å². The van der Waals surface area contributed by atoms with Gasteiger partial charge in [-0.3, -0.25) is 4.79 Å². The van der Waals surface area contributed by atoms with Crippen LogP contribution in [-0.2, 0) is 0 Å². The summed E-state index contributed by atoms with van der Waals surface area (Å²) in [5, 5.41) is 0. The predicted octanol–water partition coefficient (Wildman–Crippen LogP) is 3.75. The van der Waals surface area contributed by atoms with Gasteiger partial charge in [0.1, 0.15) is 11.5 Å². The van der Waals surface area contributed by atoms with Gasteiger partial charge in [0.15, 0.2) is 0 Å². The minimum Gasteiger partial charge on any atom is -0.497 e. The number of hydrogen-bond acceptors (Lipinski definition) is 4. The van der Waals surface area contributed by atoms with Crippen LogP contribution in [0.4, 0.5) is 5.69 Å². The highest BCUT2D eigenvalue weighted by molar-refractivity contribution is 5.98. The van der Waals surface area contributed by atoms with Gasteiger partial charge in [0.25, 0.3) is 5.91 Å². The number of aryl methyl sites for hydroxylation is 1. The zero-order chi connectivity index (χ0) is 19.6. The molecular weight excluding hydrogens is 340 g/mol. The molecule has 1 saturated heterocycles. The third kappa shape index (κ3) is 3.72. The summed E-state index contributed by atoms with van der Waals surface area (Å²) < 4.78 is 10.8. The van der Waals surface area contributed by atoms with Gasteiger partial charge in [0.05, 0.1) is 25.3 Å². The molecule has 0 spiro atoms. The van der Waals surface area contributed by atoms with E-state index in [1.807, 2.05) is 48.2 Å². The number of rotatable bonds is 4. The number of piperazine rings is 1. The minimum absolute atomic E-state index is 0.0308. The maximum atomic E-state index is 13.2. The highest BCUT2D eigenvalue weighted by Crippen LogP contribution is 2.32. The largest absolute Gasteiger partial charge is 0.497 e. The molecule has 1 aliphatic heterocycles. The molecule has 1 aliphatic rings. The molecule has 5 heteroatoms. The molecule has 0 saturated carbocycles. The lowest BCUT2D eigenvalue weighted by Gasteiger charge is -2.48. The summed E-state index contributed by atoms with van der Waals surface area (Å²) in [6.07, 6.45) is 0. The summed E-state index contributed by atoms with van der Waals surface area (Å²) >= 11 is 0. The van der Waals surface area contributed by atoms with Crippen LogP contribution in [0.2, 0.25) is 0 Å². The van der Waals surface area contributed by atoms with Crippen molar-refractivity contribution in [2.45, 2.75) is 26.3 Å². The van der Waals surface area contributed by atoms with E-state index in [0.717, 1.165) is 23.5 Å². The fourth-order valence-electron chi connectivity index (χ4n) is 3.83. The number of ether oxygens (including phenoxy) is 2. The lowest BCUT2D eigenvalue weighted by molar-refractivity contribution is 0.0682. The highest BCUT2D eigenvalue weighted by Gasteiger charge is 2.37. The van der Waals surface area contributed by atoms with Gasteiger partial charge in [-0.1, -0.05) is 18.2 Å². The van der Waals surface area contributed by atoms with E-state index in [9.17, 15) is 4.79 Å². The van der Waals surface area contributed by atoms with Crippen LogP contribution in [0.15, 0.2) is 42.5 Å². The molecule has 0 N–H and O–H groups in total. The fourth-order valence-corrected chi connectivity index (χ4v) is 3.83. The van der Waals surface area contributed by atoms with E-state index in [-0.39, 0.29) is 11.4 Å². The Labute approximate surface area is 161 Å². The predicted molar refractivity (Wildman–Crippen MR) is 108 cm³/mol. The van der Waals surface area contributed by atoms with Crippen molar-refractivity contribution >= 4 is 11.6 Å². The number of amides is 1. The van der Waals surface area contributed by atoms with Gasteiger partial charge >= 0.3 is 0 Å². The van der Waals surface area contributed by atoms with Crippen molar-refractivity contribution in [1.29, 1.82) is 0 Å². The van der Waals surface area contributed by atoms with E-state index in [1.54, 1.807) is 14.2 Å². The maximum Gasteiger partial charge on any atom is 0.258 e. The molecule has 2 aromatic carbocycles. The molecule has 1 amide bonds. The molecule has 1 fully saturated rings. The first-order valence-corrected chi connectivity index (χ1v) is 9.22. The van der Waals surface area contributed by atoms with E-state index in [2.05, 4.69) is 24.8 Å². The molecule has 0 bridgehead atoms. The number of methoxy groups -OCH3 is 2. The summed E-state index contributed by atoms with van der Waals surface area (Å²) in [5.74, 6) is 1.50. The molecule has 3 rings (SSSR count). The lowest BCUT2D eigenvalue weighted by atomic mass is 9.96. The zero-order valence-electron chi connectivity index (χ0n) is 16.8. The van der Waals surface area contributed by atoms with Crippen LogP contribution in [0.3, 0.4) is 0 Å². The highest BCUT2D eigenvalue weighted by atomic mass is 16.5. The van der Waals surface area contributed by atoms with Gasteiger partial charge in [0, 0.05) is 31.4 Å². The van der Waals surface area contributed by atoms with Crippen molar-refractivity contribution in [3.05, 3.63) is 53.6 Å². The first kappa shape index (κ1) is 19.1. The van der Waals surface area contributed by atoms with Crippen LogP contribution < -0.4 is 14.4 Å². The Morgan fingerprint density at radius 3 is 2.44 bits per heavy atom. The first-order chi connectivity index (χ1) is 12.9. The standard InChI is InChI=1S/C22H28N2O3/c1-16-8-6-11-19(27-5)20(16)21(25)23-12-13-24(22(2,3)15-23)17-9-7-10-18(14-17)26-4/h6-11,14H,12-13,15H2,1-5H3. The van der Waals surface area contributed by atoms with E-state index in [1.165, 1.54) is 0 Å². The molecular formula is C22H28N2O3. The van der Waals surface area contributed by atoms with Gasteiger partial charge in [-0.25, -0.2) is 0 Å². The number of benzene rings is 2. The number of carbonyl (C=O) groups excluding carboxylic acids is 1. The topological polar surface area (TPSA) is 42.0 Å². The summed E-state index contributed by atoms with van der Waals surface area (Å²) in [7, 11) is 3.28. The van der Waals surface area contributed by atoms with Gasteiger partial charge in [-0.05, 0) is 44.5 Å². The summed E-state index contributed by atoms with van der Waals surface area (Å²) in [4.78, 5) is 17.5. The molecule has 0 aromatic heterocycles. The number of nitrogens with zero attached hydrogens (tertiary/aromatic N) is 2. The molecule has 0 unspecified atom stereocenters. The van der Waals surface area contributed by atoms with Gasteiger partial charge in [-0.15, -0.1) is 0 Å². The van der Waals surface area contributed by atoms with Crippen molar-refractivity contribution in [2.24, 2.45) is 0 Å². The van der Waals surface area contributed by atoms with Crippen LogP contribution in [0, 0.1) is 6.92 Å². The normalized spacial score (nSPS) is 16.2. The monoisotopic (exact) mass is 368 g/mol. The van der Waals surface area contributed by atoms with E-state index in [4.69, 9.17) is 9.47 Å². The quantitative estimate of drug-likeness (QED) is 0.824. The third-order valence-corrected chi connectivity index (χ3v) is 5.22. The Kier molecular flexibility index (Phi) is 5.31. The second kappa shape index (κ2) is 7.51. The molecule has 1 heterocycles. The number of anilines is 1. The molecule has 27 heavy (non-hydrogen) atoms. The Morgan fingerprint density at radius 2 is 1.78 bits per heavy atom. The first-order valence-electron chi connectivity index (χ1n) is 9.22. The summed E-state index contributed by atoms with van der Waals surface area (Å²) in [5.41, 5.74) is 2.51. The van der Waals surface area contributed by atoms with Crippen molar-refractivity contribution in [1.82, 2.24) is 4.90 Å². The zero-order valence-corrected chi connectivity index (χ0v) is 16.8. The fraction of sp³-hybridized carbons (Fsp3) is 0.409. The maximum absolute atomic E-state index is 13.2. The Hall–Kier alpha value is -2.69. The van der Waals surface area contributed by atoms with Crippen molar-refractivity contribution < 1.29 is 14.3 Å². The Balaban J connectivity index is 1.84. The van der Waals surface area contributed by atoms with Crippen LogP contribution >= 0.6 is 0 Å². The van der Waals surface area contributed by atoms with Gasteiger partial charge in [0.2, 0.25) is 0 Å². The molecule has 5 nitrogen and oxygen atoms in total. The average molecular weight is 368 g/mol. The Morgan fingerprint density at radius 1 is 1.04 bits per heavy atom. The van der Waals surface area contributed by atoms with E-state index in [0.29, 0.717) is 24.4 Å². The number of hydrogen-bond donors (Lipinski definition) is 0. The molecule has 0 radical (unpaired) electrons. The minimum atomic E-state index is -0.198. The second-order valence-electron chi connectivity index (χ2n) is 7.54. The van der Waals surface area contributed by atoms with Gasteiger partial charge < -0.3 is 19.3 Å². The second-order valence-corrected chi connectivity index (χ2v) is 7.54. The van der Waals surface area contributed by atoms with Crippen LogP contribution in [0.1, 0.15) is 29.8 Å². The van der Waals surface area contributed by atoms with E-state index < -0.39 is 0 Å².